The van der Waals surface area contributed by atoms with Crippen LogP contribution < -0.4 is 10.1 Å². The Bertz CT molecular complexity index is 967. The lowest BCUT2D eigenvalue weighted by Gasteiger charge is -2.23. The van der Waals surface area contributed by atoms with Crippen LogP contribution in [0.25, 0.3) is 0 Å². The molecule has 2 aromatic rings. The minimum Gasteiger partial charge on any atom is -0.497 e. The van der Waals surface area contributed by atoms with Crippen molar-refractivity contribution in [3.63, 3.8) is 0 Å². The molecule has 1 N–H and O–H groups in total. The molecular weight excluding hydrogens is 356 g/mol. The van der Waals surface area contributed by atoms with Crippen molar-refractivity contribution in [3.05, 3.63) is 64.7 Å². The van der Waals surface area contributed by atoms with Gasteiger partial charge < -0.3 is 10.1 Å². The molecule has 0 bridgehead atoms. The van der Waals surface area contributed by atoms with Crippen LogP contribution >= 0.6 is 0 Å². The van der Waals surface area contributed by atoms with Gasteiger partial charge in [0.2, 0.25) is 0 Å². The summed E-state index contributed by atoms with van der Waals surface area (Å²) >= 11 is 0. The van der Waals surface area contributed by atoms with Crippen LogP contribution in [0.3, 0.4) is 0 Å². The lowest BCUT2D eigenvalue weighted by atomic mass is 9.89. The normalized spacial score (nSPS) is 20.9. The van der Waals surface area contributed by atoms with Gasteiger partial charge in [0.1, 0.15) is 11.3 Å². The van der Waals surface area contributed by atoms with E-state index in [1.54, 1.807) is 38.3 Å². The van der Waals surface area contributed by atoms with Crippen LogP contribution in [0.4, 0.5) is 4.79 Å². The van der Waals surface area contributed by atoms with E-state index in [1.807, 2.05) is 18.2 Å². The first-order chi connectivity index (χ1) is 13.4. The van der Waals surface area contributed by atoms with Crippen LogP contribution in [0.1, 0.15) is 40.4 Å². The van der Waals surface area contributed by atoms with Crippen LogP contribution in [0.15, 0.2) is 42.5 Å². The zero-order valence-corrected chi connectivity index (χ0v) is 16.0. The smallest absolute Gasteiger partial charge is 0.325 e. The monoisotopic (exact) mass is 378 g/mol. The Kier molecular flexibility index (Phi) is 4.41. The number of ketones is 1. The number of methoxy groups -OCH3 is 1. The molecule has 4 rings (SSSR count). The third-order valence-electron chi connectivity index (χ3n) is 5.66. The van der Waals surface area contributed by atoms with E-state index in [1.165, 1.54) is 11.1 Å². The number of benzene rings is 2. The number of aryl methyl sites for hydroxylation is 2. The quantitative estimate of drug-likeness (QED) is 0.641. The van der Waals surface area contributed by atoms with Crippen LogP contribution in [0, 0.1) is 0 Å². The van der Waals surface area contributed by atoms with Crippen LogP contribution in [0.5, 0.6) is 5.75 Å². The number of carbonyl (C=O) groups is 3. The van der Waals surface area contributed by atoms with Gasteiger partial charge in [-0.3, -0.25) is 14.5 Å². The lowest BCUT2D eigenvalue weighted by molar-refractivity contribution is -0.130. The molecule has 144 valence electrons. The molecule has 1 atom stereocenters. The van der Waals surface area contributed by atoms with Crippen molar-refractivity contribution in [1.82, 2.24) is 10.2 Å². The summed E-state index contributed by atoms with van der Waals surface area (Å²) in [6, 6.07) is 12.0. The Balaban J connectivity index is 1.55. The molecule has 1 fully saturated rings. The minimum absolute atomic E-state index is 0.294. The topological polar surface area (TPSA) is 75.7 Å². The summed E-state index contributed by atoms with van der Waals surface area (Å²) in [5.74, 6) is -0.0719. The molecule has 1 saturated heterocycles. The number of hydrogen-bond acceptors (Lipinski definition) is 4. The van der Waals surface area contributed by atoms with Crippen molar-refractivity contribution in [3.8, 4) is 5.75 Å². The molecule has 3 amide bonds. The molecule has 1 heterocycles. The van der Waals surface area contributed by atoms with Gasteiger partial charge in [-0.1, -0.05) is 18.2 Å². The first-order valence-corrected chi connectivity index (χ1v) is 9.36. The largest absolute Gasteiger partial charge is 0.497 e. The van der Waals surface area contributed by atoms with Crippen molar-refractivity contribution in [1.29, 1.82) is 0 Å². The standard InChI is InChI=1S/C22H22N2O4/c1-22(17-9-6-14-4-3-5-16(14)12-17)20(26)24(21(27)23-22)13-19(25)15-7-10-18(28-2)11-8-15/h6-12H,3-5,13H2,1-2H3,(H,23,27)/t22-/m0/s1. The van der Waals surface area contributed by atoms with Gasteiger partial charge in [-0.2, -0.15) is 0 Å². The van der Waals surface area contributed by atoms with E-state index in [0.29, 0.717) is 11.3 Å². The molecule has 1 aliphatic carbocycles. The van der Waals surface area contributed by atoms with Crippen molar-refractivity contribution in [2.45, 2.75) is 31.7 Å². The third-order valence-corrected chi connectivity index (χ3v) is 5.66. The predicted molar refractivity (Wildman–Crippen MR) is 103 cm³/mol. The van der Waals surface area contributed by atoms with Gasteiger partial charge in [-0.25, -0.2) is 4.79 Å². The summed E-state index contributed by atoms with van der Waals surface area (Å²) in [6.45, 7) is 1.40. The zero-order valence-electron chi connectivity index (χ0n) is 16.0. The number of amides is 3. The number of nitrogens with one attached hydrogen (secondary N) is 1. The van der Waals surface area contributed by atoms with Gasteiger partial charge >= 0.3 is 6.03 Å². The second kappa shape index (κ2) is 6.78. The average molecular weight is 378 g/mol. The van der Waals surface area contributed by atoms with E-state index >= 15 is 0 Å². The Morgan fingerprint density at radius 1 is 1.11 bits per heavy atom. The SMILES string of the molecule is COc1ccc(C(=O)CN2C(=O)N[C@@](C)(c3ccc4c(c3)CCC4)C2=O)cc1. The summed E-state index contributed by atoms with van der Waals surface area (Å²) in [5, 5.41) is 2.78. The molecule has 0 radical (unpaired) electrons. The number of urea groups is 1. The second-order valence-corrected chi connectivity index (χ2v) is 7.44. The van der Waals surface area contributed by atoms with Gasteiger partial charge in [0.05, 0.1) is 13.7 Å². The highest BCUT2D eigenvalue weighted by atomic mass is 16.5. The fraction of sp³-hybridized carbons (Fsp3) is 0.318. The van der Waals surface area contributed by atoms with E-state index in [2.05, 4.69) is 5.32 Å². The Hall–Kier alpha value is -3.15. The molecule has 0 saturated carbocycles. The maximum atomic E-state index is 13.1. The van der Waals surface area contributed by atoms with Gasteiger partial charge in [0.25, 0.3) is 5.91 Å². The number of imide groups is 1. The molecule has 28 heavy (non-hydrogen) atoms. The number of rotatable bonds is 5. The number of ether oxygens (including phenoxy) is 1. The molecular formula is C22H22N2O4. The van der Waals surface area contributed by atoms with Crippen LogP contribution in [0.2, 0.25) is 0 Å². The summed E-state index contributed by atoms with van der Waals surface area (Å²) < 4.78 is 5.08. The molecule has 0 spiro atoms. The molecule has 6 heteroatoms. The number of carbonyl (C=O) groups excluding carboxylic acids is 3. The number of nitrogens with zero attached hydrogens (tertiary/aromatic N) is 1. The van der Waals surface area contributed by atoms with Crippen molar-refractivity contribution >= 4 is 17.7 Å². The summed E-state index contributed by atoms with van der Waals surface area (Å²) in [5.41, 5.74) is 2.55. The predicted octanol–water partition coefficient (Wildman–Crippen LogP) is 2.83. The fourth-order valence-electron chi connectivity index (χ4n) is 3.93. The molecule has 1 aliphatic heterocycles. The van der Waals surface area contributed by atoms with E-state index in [0.717, 1.165) is 29.7 Å². The van der Waals surface area contributed by atoms with E-state index in [-0.39, 0.29) is 12.3 Å². The van der Waals surface area contributed by atoms with E-state index < -0.39 is 17.5 Å². The molecule has 2 aliphatic rings. The van der Waals surface area contributed by atoms with Gasteiger partial charge in [-0.05, 0) is 67.1 Å². The van der Waals surface area contributed by atoms with Gasteiger partial charge in [0, 0.05) is 5.56 Å². The van der Waals surface area contributed by atoms with Gasteiger partial charge in [-0.15, -0.1) is 0 Å². The fourth-order valence-corrected chi connectivity index (χ4v) is 3.93. The minimum atomic E-state index is -1.16. The molecule has 6 nitrogen and oxygen atoms in total. The van der Waals surface area contributed by atoms with Crippen molar-refractivity contribution in [2.75, 3.05) is 13.7 Å². The van der Waals surface area contributed by atoms with Gasteiger partial charge in [0.15, 0.2) is 5.78 Å². The highest BCUT2D eigenvalue weighted by Gasteiger charge is 2.49. The molecule has 0 unspecified atom stereocenters. The van der Waals surface area contributed by atoms with Crippen LogP contribution in [-0.2, 0) is 23.2 Å². The lowest BCUT2D eigenvalue weighted by Crippen LogP contribution is -2.41. The number of fused-ring (bicyclic) bond motifs is 1. The Labute approximate surface area is 163 Å². The Morgan fingerprint density at radius 2 is 1.82 bits per heavy atom. The highest BCUT2D eigenvalue weighted by molar-refractivity contribution is 6.11. The van der Waals surface area contributed by atoms with Crippen LogP contribution in [-0.4, -0.2) is 36.3 Å². The zero-order chi connectivity index (χ0) is 19.9. The summed E-state index contributed by atoms with van der Waals surface area (Å²) in [4.78, 5) is 39.1. The molecule has 2 aromatic carbocycles. The average Bonchev–Trinajstić information content (AvgIpc) is 3.26. The summed E-state index contributed by atoms with van der Waals surface area (Å²) in [7, 11) is 1.55. The first-order valence-electron chi connectivity index (χ1n) is 9.36. The van der Waals surface area contributed by atoms with Crippen molar-refractivity contribution < 1.29 is 19.1 Å². The van der Waals surface area contributed by atoms with Crippen molar-refractivity contribution in [2.24, 2.45) is 0 Å². The second-order valence-electron chi connectivity index (χ2n) is 7.44. The third kappa shape index (κ3) is 2.95. The molecule has 0 aromatic heterocycles. The highest BCUT2D eigenvalue weighted by Crippen LogP contribution is 2.32. The maximum Gasteiger partial charge on any atom is 0.325 e. The number of Topliss-reactive ketones (excluding diaryl/α,β-unsaturated/α-hetero) is 1. The van der Waals surface area contributed by atoms with E-state index in [4.69, 9.17) is 4.74 Å². The Morgan fingerprint density at radius 3 is 2.54 bits per heavy atom. The van der Waals surface area contributed by atoms with E-state index in [9.17, 15) is 14.4 Å². The maximum absolute atomic E-state index is 13.1. The number of hydrogen-bond donors (Lipinski definition) is 1. The summed E-state index contributed by atoms with van der Waals surface area (Å²) in [6.07, 6.45) is 3.15. The first kappa shape index (κ1) is 18.2.